The lowest BCUT2D eigenvalue weighted by Gasteiger charge is -2.18. The Kier molecular flexibility index (Phi) is 11.2. The molecule has 0 aliphatic heterocycles. The van der Waals surface area contributed by atoms with Crippen molar-refractivity contribution in [2.75, 3.05) is 12.4 Å². The summed E-state index contributed by atoms with van der Waals surface area (Å²) in [5, 5.41) is 9.34. The van der Waals surface area contributed by atoms with Gasteiger partial charge < -0.3 is 19.3 Å². The number of carbonyl (C=O) groups is 1. The van der Waals surface area contributed by atoms with Crippen molar-refractivity contribution >= 4 is 29.3 Å². The van der Waals surface area contributed by atoms with Gasteiger partial charge in [0, 0.05) is 21.7 Å². The van der Waals surface area contributed by atoms with Crippen LogP contribution >= 0.6 is 23.4 Å². The van der Waals surface area contributed by atoms with Crippen LogP contribution in [0.3, 0.4) is 0 Å². The second-order valence-corrected chi connectivity index (χ2v) is 9.09. The average Bonchev–Trinajstić information content (AvgIpc) is 2.75. The molecule has 0 aliphatic carbocycles. The Labute approximate surface area is 205 Å². The SMILES string of the molecule is C/C=C\C/C=C(\C)Oc1cc(Cl)ccc1OC(C)CCSc1ccc(OCC(=O)O)c(C)c1. The van der Waals surface area contributed by atoms with E-state index in [2.05, 4.69) is 6.08 Å². The van der Waals surface area contributed by atoms with Gasteiger partial charge in [-0.1, -0.05) is 23.8 Å². The fourth-order valence-corrected chi connectivity index (χ4v) is 4.15. The number of thioether (sulfide) groups is 1. The zero-order valence-corrected chi connectivity index (χ0v) is 21.0. The van der Waals surface area contributed by atoms with Crippen LogP contribution < -0.4 is 14.2 Å². The van der Waals surface area contributed by atoms with Gasteiger partial charge in [0.05, 0.1) is 11.9 Å². The number of aryl methyl sites for hydroxylation is 1. The molecule has 1 atom stereocenters. The average molecular weight is 491 g/mol. The first-order valence-electron chi connectivity index (χ1n) is 10.8. The van der Waals surface area contributed by atoms with Crippen LogP contribution in [0.2, 0.25) is 5.02 Å². The molecule has 0 aromatic heterocycles. The predicted octanol–water partition coefficient (Wildman–Crippen LogP) is 7.31. The smallest absolute Gasteiger partial charge is 0.341 e. The van der Waals surface area contributed by atoms with Gasteiger partial charge in [-0.25, -0.2) is 4.79 Å². The van der Waals surface area contributed by atoms with E-state index < -0.39 is 5.97 Å². The number of aliphatic carboxylic acids is 1. The van der Waals surface area contributed by atoms with Crippen molar-refractivity contribution in [3.8, 4) is 17.2 Å². The number of hydrogen-bond acceptors (Lipinski definition) is 5. The van der Waals surface area contributed by atoms with Gasteiger partial charge in [0.25, 0.3) is 0 Å². The molecule has 33 heavy (non-hydrogen) atoms. The van der Waals surface area contributed by atoms with Crippen LogP contribution in [0.5, 0.6) is 17.2 Å². The summed E-state index contributed by atoms with van der Waals surface area (Å²) in [6.45, 7) is 7.49. The zero-order valence-electron chi connectivity index (χ0n) is 19.5. The highest BCUT2D eigenvalue weighted by Gasteiger charge is 2.12. The van der Waals surface area contributed by atoms with Gasteiger partial charge in [-0.3, -0.25) is 0 Å². The van der Waals surface area contributed by atoms with E-state index in [-0.39, 0.29) is 12.7 Å². The van der Waals surface area contributed by atoms with Gasteiger partial charge in [0.1, 0.15) is 5.75 Å². The maximum absolute atomic E-state index is 10.7. The molecule has 2 aromatic rings. The van der Waals surface area contributed by atoms with Crippen molar-refractivity contribution < 1.29 is 24.1 Å². The second-order valence-electron chi connectivity index (χ2n) is 7.49. The minimum absolute atomic E-state index is 0.0207. The quantitative estimate of drug-likeness (QED) is 0.180. The van der Waals surface area contributed by atoms with Gasteiger partial charge in [-0.15, -0.1) is 11.8 Å². The van der Waals surface area contributed by atoms with Crippen LogP contribution in [0.25, 0.3) is 0 Å². The second kappa shape index (κ2) is 13.9. The molecular weight excluding hydrogens is 460 g/mol. The van der Waals surface area contributed by atoms with Crippen molar-refractivity contribution in [2.24, 2.45) is 0 Å². The minimum atomic E-state index is -0.990. The van der Waals surface area contributed by atoms with Crippen LogP contribution in [0, 0.1) is 6.92 Å². The molecule has 2 rings (SSSR count). The van der Waals surface area contributed by atoms with Crippen molar-refractivity contribution in [2.45, 2.75) is 51.5 Å². The molecule has 0 heterocycles. The maximum Gasteiger partial charge on any atom is 0.341 e. The first-order chi connectivity index (χ1) is 15.8. The molecule has 1 N–H and O–H groups in total. The molecule has 0 saturated carbocycles. The molecule has 178 valence electrons. The number of allylic oxidation sites excluding steroid dienone is 4. The third-order valence-electron chi connectivity index (χ3n) is 4.57. The Morgan fingerprint density at radius 1 is 1.18 bits per heavy atom. The predicted molar refractivity (Wildman–Crippen MR) is 135 cm³/mol. The number of rotatable bonds is 13. The molecule has 0 radical (unpaired) electrons. The normalized spacial score (nSPS) is 12.6. The Bertz CT molecular complexity index is 987. The summed E-state index contributed by atoms with van der Waals surface area (Å²) in [5.74, 6) is 2.51. The minimum Gasteiger partial charge on any atom is -0.487 e. The molecule has 0 aliphatic rings. The highest BCUT2D eigenvalue weighted by Crippen LogP contribution is 2.33. The van der Waals surface area contributed by atoms with E-state index in [1.807, 2.05) is 64.1 Å². The van der Waals surface area contributed by atoms with Crippen LogP contribution in [0.4, 0.5) is 0 Å². The van der Waals surface area contributed by atoms with Crippen LogP contribution in [-0.4, -0.2) is 29.5 Å². The number of hydrogen-bond donors (Lipinski definition) is 1. The van der Waals surface area contributed by atoms with E-state index in [0.717, 1.165) is 34.8 Å². The Hall–Kier alpha value is -2.57. The van der Waals surface area contributed by atoms with E-state index in [1.54, 1.807) is 23.9 Å². The third kappa shape index (κ3) is 9.84. The molecule has 1 unspecified atom stereocenters. The molecule has 7 heteroatoms. The van der Waals surface area contributed by atoms with Crippen molar-refractivity contribution in [3.63, 3.8) is 0 Å². The summed E-state index contributed by atoms with van der Waals surface area (Å²) in [4.78, 5) is 11.8. The fraction of sp³-hybridized carbons (Fsp3) is 0.346. The molecule has 0 amide bonds. The van der Waals surface area contributed by atoms with Crippen LogP contribution in [0.15, 0.2) is 65.3 Å². The Balaban J connectivity index is 1.90. The number of carboxylic acid groups (broad SMARTS) is 1. The van der Waals surface area contributed by atoms with Crippen molar-refractivity contribution in [3.05, 3.63) is 71.0 Å². The largest absolute Gasteiger partial charge is 0.487 e. The standard InChI is InChI=1S/C26H31ClO5S/c1-5-6-7-8-19(3)32-25-16-21(27)9-11-24(25)31-20(4)13-14-33-22-10-12-23(18(2)15-22)30-17-26(28)29/h5-6,8-12,15-16,20H,7,13-14,17H2,1-4H3,(H,28,29)/b6-5-,19-8+. The Morgan fingerprint density at radius 3 is 2.64 bits per heavy atom. The van der Waals surface area contributed by atoms with Gasteiger partial charge in [0.2, 0.25) is 0 Å². The summed E-state index contributed by atoms with van der Waals surface area (Å²) >= 11 is 7.88. The monoisotopic (exact) mass is 490 g/mol. The van der Waals surface area contributed by atoms with E-state index in [4.69, 9.17) is 30.9 Å². The summed E-state index contributed by atoms with van der Waals surface area (Å²) < 4.78 is 17.4. The van der Waals surface area contributed by atoms with Crippen LogP contribution in [0.1, 0.15) is 39.2 Å². The highest BCUT2D eigenvalue weighted by molar-refractivity contribution is 7.99. The van der Waals surface area contributed by atoms with Crippen molar-refractivity contribution in [1.29, 1.82) is 0 Å². The lowest BCUT2D eigenvalue weighted by atomic mass is 10.2. The molecule has 2 aromatic carbocycles. The lowest BCUT2D eigenvalue weighted by molar-refractivity contribution is -0.139. The molecule has 0 fully saturated rings. The maximum atomic E-state index is 10.7. The molecule has 0 spiro atoms. The summed E-state index contributed by atoms with van der Waals surface area (Å²) in [7, 11) is 0. The fourth-order valence-electron chi connectivity index (χ4n) is 2.88. The lowest BCUT2D eigenvalue weighted by Crippen LogP contribution is -2.13. The molecule has 0 saturated heterocycles. The van der Waals surface area contributed by atoms with Gasteiger partial charge in [-0.2, -0.15) is 0 Å². The van der Waals surface area contributed by atoms with Crippen molar-refractivity contribution in [1.82, 2.24) is 0 Å². The van der Waals surface area contributed by atoms with E-state index in [9.17, 15) is 4.79 Å². The summed E-state index contributed by atoms with van der Waals surface area (Å²) in [5.41, 5.74) is 0.909. The number of ether oxygens (including phenoxy) is 3. The molecule has 0 bridgehead atoms. The van der Waals surface area contributed by atoms with E-state index >= 15 is 0 Å². The number of halogens is 1. The third-order valence-corrected chi connectivity index (χ3v) is 5.83. The van der Waals surface area contributed by atoms with E-state index in [0.29, 0.717) is 22.3 Å². The zero-order chi connectivity index (χ0) is 24.2. The number of carboxylic acids is 1. The molecule has 5 nitrogen and oxygen atoms in total. The summed E-state index contributed by atoms with van der Waals surface area (Å²) in [6, 6.07) is 11.1. The molecular formula is C26H31ClO5S. The first-order valence-corrected chi connectivity index (χ1v) is 12.1. The van der Waals surface area contributed by atoms with Gasteiger partial charge >= 0.3 is 5.97 Å². The highest BCUT2D eigenvalue weighted by atomic mass is 35.5. The van der Waals surface area contributed by atoms with Gasteiger partial charge in [0.15, 0.2) is 18.1 Å². The number of benzene rings is 2. The van der Waals surface area contributed by atoms with E-state index in [1.165, 1.54) is 0 Å². The van der Waals surface area contributed by atoms with Gasteiger partial charge in [-0.05, 0) is 82.5 Å². The first kappa shape index (κ1) is 26.7. The van der Waals surface area contributed by atoms with Crippen LogP contribution in [-0.2, 0) is 4.79 Å². The Morgan fingerprint density at radius 2 is 1.94 bits per heavy atom. The summed E-state index contributed by atoms with van der Waals surface area (Å²) in [6.07, 6.45) is 7.68. The topological polar surface area (TPSA) is 65.0 Å².